The summed E-state index contributed by atoms with van der Waals surface area (Å²) >= 11 is 0. The minimum atomic E-state index is 0.469. The van der Waals surface area contributed by atoms with Crippen LogP contribution in [0.2, 0.25) is 0 Å². The van der Waals surface area contributed by atoms with Gasteiger partial charge in [-0.05, 0) is 38.5 Å². The summed E-state index contributed by atoms with van der Waals surface area (Å²) in [6.45, 7) is 0.657. The molecule has 3 fully saturated rings. The first-order chi connectivity index (χ1) is 11.3. The van der Waals surface area contributed by atoms with E-state index in [0.29, 0.717) is 12.5 Å². The van der Waals surface area contributed by atoms with Crippen LogP contribution in [-0.4, -0.2) is 46.9 Å². The second-order valence-electron chi connectivity index (χ2n) is 7.58. The lowest BCUT2D eigenvalue weighted by molar-refractivity contribution is 0.0515. The number of nitrogens with zero attached hydrogens (tertiary/aromatic N) is 3. The molecule has 3 heterocycles. The monoisotopic (exact) mass is 319 g/mol. The lowest BCUT2D eigenvalue weighted by Gasteiger charge is -2.44. The van der Waals surface area contributed by atoms with Crippen molar-refractivity contribution >= 4 is 0 Å². The van der Waals surface area contributed by atoms with Crippen LogP contribution in [-0.2, 0) is 11.2 Å². The molecule has 1 aliphatic carbocycles. The number of rotatable bonds is 5. The van der Waals surface area contributed by atoms with E-state index in [1.807, 2.05) is 0 Å². The second-order valence-corrected chi connectivity index (χ2v) is 7.58. The molecule has 5 heteroatoms. The molecule has 128 valence electrons. The molecular formula is C18H29N3O2. The van der Waals surface area contributed by atoms with Gasteiger partial charge in [-0.3, -0.25) is 4.90 Å². The minimum absolute atomic E-state index is 0.469. The average Bonchev–Trinajstić information content (AvgIpc) is 3.16. The summed E-state index contributed by atoms with van der Waals surface area (Å²) in [7, 11) is 1.71. The van der Waals surface area contributed by atoms with Gasteiger partial charge in [-0.15, -0.1) is 0 Å². The Morgan fingerprint density at radius 2 is 1.78 bits per heavy atom. The van der Waals surface area contributed by atoms with Crippen molar-refractivity contribution in [3.05, 3.63) is 11.7 Å². The molecule has 0 spiro atoms. The predicted octanol–water partition coefficient (Wildman–Crippen LogP) is 3.30. The normalized spacial score (nSPS) is 32.5. The fourth-order valence-electron chi connectivity index (χ4n) is 5.12. The highest BCUT2D eigenvalue weighted by Crippen LogP contribution is 2.45. The maximum atomic E-state index is 5.57. The van der Waals surface area contributed by atoms with Crippen molar-refractivity contribution < 1.29 is 9.26 Å². The van der Waals surface area contributed by atoms with Crippen molar-refractivity contribution in [3.63, 3.8) is 0 Å². The van der Waals surface area contributed by atoms with Gasteiger partial charge in [0.1, 0.15) is 0 Å². The molecule has 0 aromatic carbocycles. The van der Waals surface area contributed by atoms with Crippen molar-refractivity contribution in [3.8, 4) is 0 Å². The molecule has 4 rings (SSSR count). The first-order valence-electron chi connectivity index (χ1n) is 9.44. The Labute approximate surface area is 138 Å². The van der Waals surface area contributed by atoms with Crippen LogP contribution in [0.3, 0.4) is 0 Å². The molecule has 0 radical (unpaired) electrons. The topological polar surface area (TPSA) is 51.4 Å². The van der Waals surface area contributed by atoms with Gasteiger partial charge in [0.2, 0.25) is 5.89 Å². The highest BCUT2D eigenvalue weighted by Gasteiger charge is 2.45. The van der Waals surface area contributed by atoms with Gasteiger partial charge in [0.25, 0.3) is 0 Å². The molecule has 2 saturated heterocycles. The van der Waals surface area contributed by atoms with Crippen LogP contribution in [0.15, 0.2) is 4.52 Å². The average molecular weight is 319 g/mol. The number of methoxy groups -OCH3 is 1. The van der Waals surface area contributed by atoms with E-state index in [2.05, 4.69) is 15.0 Å². The Morgan fingerprint density at radius 1 is 1.04 bits per heavy atom. The Bertz CT molecular complexity index is 498. The third-order valence-electron chi connectivity index (χ3n) is 6.15. The number of piperidine rings is 1. The van der Waals surface area contributed by atoms with Crippen molar-refractivity contribution in [2.75, 3.05) is 13.7 Å². The molecule has 0 N–H and O–H groups in total. The fourth-order valence-corrected chi connectivity index (χ4v) is 5.12. The molecule has 1 saturated carbocycles. The summed E-state index contributed by atoms with van der Waals surface area (Å²) in [5, 5.41) is 4.13. The number of ether oxygens (including phenoxy) is 1. The van der Waals surface area contributed by atoms with Gasteiger partial charge in [-0.1, -0.05) is 24.4 Å². The van der Waals surface area contributed by atoms with Crippen LogP contribution in [0.5, 0.6) is 0 Å². The fraction of sp³-hybridized carbons (Fsp3) is 0.889. The van der Waals surface area contributed by atoms with Gasteiger partial charge in [0.05, 0.1) is 6.61 Å². The highest BCUT2D eigenvalue weighted by molar-refractivity contribution is 5.06. The second kappa shape index (κ2) is 6.89. The molecule has 0 amide bonds. The Balaban J connectivity index is 1.41. The smallest absolute Gasteiger partial charge is 0.229 e. The predicted molar refractivity (Wildman–Crippen MR) is 87.4 cm³/mol. The van der Waals surface area contributed by atoms with Gasteiger partial charge in [-0.25, -0.2) is 0 Å². The molecule has 5 nitrogen and oxygen atoms in total. The van der Waals surface area contributed by atoms with E-state index in [1.54, 1.807) is 7.11 Å². The first kappa shape index (κ1) is 15.6. The number of hydrogen-bond acceptors (Lipinski definition) is 5. The van der Waals surface area contributed by atoms with Crippen molar-refractivity contribution in [2.45, 2.75) is 88.3 Å². The van der Waals surface area contributed by atoms with Gasteiger partial charge in [0.15, 0.2) is 5.82 Å². The molecule has 1 unspecified atom stereocenters. The van der Waals surface area contributed by atoms with Crippen LogP contribution in [0.1, 0.15) is 75.4 Å². The molecule has 1 aromatic rings. The largest absolute Gasteiger partial charge is 0.384 e. The molecule has 2 bridgehead atoms. The number of hydrogen-bond donors (Lipinski definition) is 0. The minimum Gasteiger partial charge on any atom is -0.384 e. The van der Waals surface area contributed by atoms with Crippen LogP contribution >= 0.6 is 0 Å². The summed E-state index contributed by atoms with van der Waals surface area (Å²) in [6.07, 6.45) is 13.0. The van der Waals surface area contributed by atoms with E-state index in [1.165, 1.54) is 57.8 Å². The summed E-state index contributed by atoms with van der Waals surface area (Å²) in [5.74, 6) is 2.14. The Hall–Kier alpha value is -0.940. The van der Waals surface area contributed by atoms with Crippen LogP contribution in [0.25, 0.3) is 0 Å². The van der Waals surface area contributed by atoms with E-state index >= 15 is 0 Å². The van der Waals surface area contributed by atoms with E-state index in [-0.39, 0.29) is 0 Å². The zero-order valence-corrected chi connectivity index (χ0v) is 14.2. The molecule has 2 aliphatic heterocycles. The highest BCUT2D eigenvalue weighted by atomic mass is 16.5. The summed E-state index contributed by atoms with van der Waals surface area (Å²) in [5.41, 5.74) is 0. The van der Waals surface area contributed by atoms with Gasteiger partial charge < -0.3 is 9.26 Å². The summed E-state index contributed by atoms with van der Waals surface area (Å²) in [6, 6.07) is 2.34. The molecule has 23 heavy (non-hydrogen) atoms. The SMILES string of the molecule is COCCc1noc(C2C[C@H]3CC[C@@H](C2)N3C2CCCCC2)n1. The quantitative estimate of drug-likeness (QED) is 0.833. The third-order valence-corrected chi connectivity index (χ3v) is 6.15. The van der Waals surface area contributed by atoms with E-state index in [4.69, 9.17) is 9.26 Å². The standard InChI is InChI=1S/C18H29N3O2/c1-22-10-9-17-19-18(23-20-17)13-11-15-7-8-16(12-13)21(15)14-5-3-2-4-6-14/h13-16H,2-12H2,1H3/t13?,15-,16+. The Morgan fingerprint density at radius 3 is 2.48 bits per heavy atom. The maximum absolute atomic E-state index is 5.57. The molecule has 3 atom stereocenters. The third kappa shape index (κ3) is 3.18. The van der Waals surface area contributed by atoms with Crippen LogP contribution < -0.4 is 0 Å². The van der Waals surface area contributed by atoms with Gasteiger partial charge >= 0.3 is 0 Å². The number of aromatic nitrogens is 2. The Kier molecular flexibility index (Phi) is 4.67. The van der Waals surface area contributed by atoms with Crippen LogP contribution in [0.4, 0.5) is 0 Å². The molecule has 1 aromatic heterocycles. The van der Waals surface area contributed by atoms with Crippen molar-refractivity contribution in [2.24, 2.45) is 0 Å². The molecule has 3 aliphatic rings. The van der Waals surface area contributed by atoms with Crippen molar-refractivity contribution in [1.29, 1.82) is 0 Å². The van der Waals surface area contributed by atoms with Gasteiger partial charge in [0, 0.05) is 37.6 Å². The van der Waals surface area contributed by atoms with E-state index in [9.17, 15) is 0 Å². The molecular weight excluding hydrogens is 290 g/mol. The first-order valence-corrected chi connectivity index (χ1v) is 9.44. The van der Waals surface area contributed by atoms with Crippen LogP contribution in [0, 0.1) is 0 Å². The number of fused-ring (bicyclic) bond motifs is 2. The maximum Gasteiger partial charge on any atom is 0.229 e. The zero-order chi connectivity index (χ0) is 15.6. The summed E-state index contributed by atoms with van der Waals surface area (Å²) in [4.78, 5) is 7.52. The van der Waals surface area contributed by atoms with E-state index in [0.717, 1.165) is 36.3 Å². The van der Waals surface area contributed by atoms with Crippen molar-refractivity contribution in [1.82, 2.24) is 15.0 Å². The van der Waals surface area contributed by atoms with E-state index < -0.39 is 0 Å². The van der Waals surface area contributed by atoms with Gasteiger partial charge in [-0.2, -0.15) is 4.98 Å². The summed E-state index contributed by atoms with van der Waals surface area (Å²) < 4.78 is 10.7. The lowest BCUT2D eigenvalue weighted by atomic mass is 9.86. The lowest BCUT2D eigenvalue weighted by Crippen LogP contribution is -2.49. The zero-order valence-electron chi connectivity index (χ0n) is 14.2.